The van der Waals surface area contributed by atoms with Crippen molar-refractivity contribution >= 4 is 0 Å². The van der Waals surface area contributed by atoms with Crippen molar-refractivity contribution in [2.24, 2.45) is 0 Å². The summed E-state index contributed by atoms with van der Waals surface area (Å²) < 4.78 is 5.51. The summed E-state index contributed by atoms with van der Waals surface area (Å²) in [7, 11) is 0. The number of hydrogen-bond acceptors (Lipinski definition) is 5. The van der Waals surface area contributed by atoms with Gasteiger partial charge in [-0.3, -0.25) is 4.90 Å². The third-order valence-corrected chi connectivity index (χ3v) is 3.38. The molecule has 0 aliphatic carbocycles. The molecule has 0 saturated carbocycles. The van der Waals surface area contributed by atoms with Crippen LogP contribution in [0.15, 0.2) is 30.3 Å². The Kier molecular flexibility index (Phi) is 6.80. The molecule has 3 N–H and O–H groups in total. The van der Waals surface area contributed by atoms with Gasteiger partial charge in [-0.1, -0.05) is 18.2 Å². The Hall–Kier alpha value is -1.14. The average molecular weight is 279 g/mol. The van der Waals surface area contributed by atoms with E-state index in [4.69, 9.17) is 4.74 Å². The monoisotopic (exact) mass is 279 g/mol. The molecule has 0 aromatic heterocycles. The van der Waals surface area contributed by atoms with Crippen LogP contribution in [0.2, 0.25) is 0 Å². The van der Waals surface area contributed by atoms with Crippen LogP contribution >= 0.6 is 0 Å². The highest BCUT2D eigenvalue weighted by atomic mass is 16.5. The molecule has 0 amide bonds. The molecule has 20 heavy (non-hydrogen) atoms. The predicted molar refractivity (Wildman–Crippen MR) is 80.1 cm³/mol. The number of ether oxygens (including phenoxy) is 1. The molecule has 1 fully saturated rings. The highest BCUT2D eigenvalue weighted by Crippen LogP contribution is 2.08. The normalized spacial score (nSPS) is 17.9. The summed E-state index contributed by atoms with van der Waals surface area (Å²) in [6.07, 6.45) is -0.474. The fourth-order valence-electron chi connectivity index (χ4n) is 2.21. The third-order valence-electron chi connectivity index (χ3n) is 3.38. The van der Waals surface area contributed by atoms with E-state index in [1.54, 1.807) is 0 Å². The molecule has 5 heteroatoms. The first-order valence-corrected chi connectivity index (χ1v) is 7.34. The Balaban J connectivity index is 1.50. The van der Waals surface area contributed by atoms with E-state index >= 15 is 0 Å². The molecule has 1 unspecified atom stereocenters. The zero-order valence-corrected chi connectivity index (χ0v) is 11.9. The number of aliphatic hydroxyl groups excluding tert-OH is 1. The minimum atomic E-state index is -0.474. The van der Waals surface area contributed by atoms with Crippen LogP contribution in [0.3, 0.4) is 0 Å². The average Bonchev–Trinajstić information content (AvgIpc) is 2.52. The first kappa shape index (κ1) is 15.3. The molecule has 1 aliphatic heterocycles. The Labute approximate surface area is 120 Å². The summed E-state index contributed by atoms with van der Waals surface area (Å²) in [5.41, 5.74) is 0. The Morgan fingerprint density at radius 3 is 2.75 bits per heavy atom. The van der Waals surface area contributed by atoms with Crippen molar-refractivity contribution in [2.45, 2.75) is 6.10 Å². The first-order chi connectivity index (χ1) is 9.84. The van der Waals surface area contributed by atoms with E-state index in [1.807, 2.05) is 30.3 Å². The molecule has 5 nitrogen and oxygen atoms in total. The van der Waals surface area contributed by atoms with Gasteiger partial charge in [0.05, 0.1) is 0 Å². The standard InChI is InChI=1S/C15H25N3O2/c19-14(13-20-15-4-2-1-3-5-15)12-17-8-11-18-9-6-16-7-10-18/h1-5,14,16-17,19H,6-13H2. The van der Waals surface area contributed by atoms with Crippen LogP contribution in [-0.4, -0.2) is 68.5 Å². The van der Waals surface area contributed by atoms with E-state index in [-0.39, 0.29) is 0 Å². The maximum Gasteiger partial charge on any atom is 0.119 e. The van der Waals surface area contributed by atoms with Gasteiger partial charge in [-0.25, -0.2) is 0 Å². The van der Waals surface area contributed by atoms with Crippen molar-refractivity contribution in [1.29, 1.82) is 0 Å². The summed E-state index contributed by atoms with van der Waals surface area (Å²) in [6, 6.07) is 9.58. The molecule has 0 radical (unpaired) electrons. The highest BCUT2D eigenvalue weighted by Gasteiger charge is 2.09. The summed E-state index contributed by atoms with van der Waals surface area (Å²) in [5, 5.41) is 16.5. The summed E-state index contributed by atoms with van der Waals surface area (Å²) in [4.78, 5) is 2.43. The van der Waals surface area contributed by atoms with E-state index in [0.29, 0.717) is 13.2 Å². The third kappa shape index (κ3) is 5.88. The van der Waals surface area contributed by atoms with Gasteiger partial charge in [-0.15, -0.1) is 0 Å². The van der Waals surface area contributed by atoms with Gasteiger partial charge in [0.25, 0.3) is 0 Å². The van der Waals surface area contributed by atoms with E-state index in [9.17, 15) is 5.11 Å². The van der Waals surface area contributed by atoms with Crippen LogP contribution in [0.4, 0.5) is 0 Å². The Morgan fingerprint density at radius 2 is 2.00 bits per heavy atom. The van der Waals surface area contributed by atoms with Gasteiger partial charge in [0.2, 0.25) is 0 Å². The van der Waals surface area contributed by atoms with Crippen molar-refractivity contribution in [3.05, 3.63) is 30.3 Å². The highest BCUT2D eigenvalue weighted by molar-refractivity contribution is 5.20. The minimum absolute atomic E-state index is 0.324. The minimum Gasteiger partial charge on any atom is -0.491 e. The predicted octanol–water partition coefficient (Wildman–Crippen LogP) is -0.0789. The maximum absolute atomic E-state index is 9.84. The van der Waals surface area contributed by atoms with Crippen LogP contribution in [0, 0.1) is 0 Å². The molecule has 1 saturated heterocycles. The smallest absolute Gasteiger partial charge is 0.119 e. The lowest BCUT2D eigenvalue weighted by Crippen LogP contribution is -2.46. The van der Waals surface area contributed by atoms with Crippen molar-refractivity contribution in [1.82, 2.24) is 15.5 Å². The van der Waals surface area contributed by atoms with Crippen LogP contribution in [0.5, 0.6) is 5.75 Å². The molecule has 1 heterocycles. The van der Waals surface area contributed by atoms with Crippen LogP contribution in [0.25, 0.3) is 0 Å². The van der Waals surface area contributed by atoms with E-state index < -0.39 is 6.10 Å². The fraction of sp³-hybridized carbons (Fsp3) is 0.600. The number of para-hydroxylation sites is 1. The quantitative estimate of drug-likeness (QED) is 0.581. The molecule has 0 spiro atoms. The zero-order chi connectivity index (χ0) is 14.0. The SMILES string of the molecule is OC(CNCCN1CCNCC1)COc1ccccc1. The second-order valence-electron chi connectivity index (χ2n) is 5.07. The van der Waals surface area contributed by atoms with Crippen molar-refractivity contribution in [2.75, 3.05) is 52.4 Å². The topological polar surface area (TPSA) is 56.8 Å². The summed E-state index contributed by atoms with van der Waals surface area (Å²) in [6.45, 7) is 7.21. The number of rotatable bonds is 8. The number of aliphatic hydroxyl groups is 1. The largest absolute Gasteiger partial charge is 0.491 e. The number of piperazine rings is 1. The zero-order valence-electron chi connectivity index (χ0n) is 11.9. The van der Waals surface area contributed by atoms with E-state index in [0.717, 1.165) is 45.0 Å². The lowest BCUT2D eigenvalue weighted by Gasteiger charge is -2.27. The van der Waals surface area contributed by atoms with Gasteiger partial charge in [0.15, 0.2) is 0 Å². The van der Waals surface area contributed by atoms with Crippen LogP contribution < -0.4 is 15.4 Å². The number of nitrogens with one attached hydrogen (secondary N) is 2. The fourth-order valence-corrected chi connectivity index (χ4v) is 2.21. The first-order valence-electron chi connectivity index (χ1n) is 7.34. The van der Waals surface area contributed by atoms with Gasteiger partial charge in [-0.2, -0.15) is 0 Å². The lowest BCUT2D eigenvalue weighted by atomic mass is 10.3. The molecule has 0 bridgehead atoms. The van der Waals surface area contributed by atoms with Crippen molar-refractivity contribution in [3.8, 4) is 5.75 Å². The van der Waals surface area contributed by atoms with Crippen molar-refractivity contribution < 1.29 is 9.84 Å². The second kappa shape index (κ2) is 8.92. The molecular weight excluding hydrogens is 254 g/mol. The maximum atomic E-state index is 9.84. The number of benzene rings is 1. The van der Waals surface area contributed by atoms with Gasteiger partial charge in [0, 0.05) is 45.8 Å². The van der Waals surface area contributed by atoms with E-state index in [1.165, 1.54) is 0 Å². The molecule has 1 aliphatic rings. The molecular formula is C15H25N3O2. The van der Waals surface area contributed by atoms with Crippen LogP contribution in [-0.2, 0) is 0 Å². The van der Waals surface area contributed by atoms with E-state index in [2.05, 4.69) is 15.5 Å². The van der Waals surface area contributed by atoms with Gasteiger partial charge < -0.3 is 20.5 Å². The summed E-state index contributed by atoms with van der Waals surface area (Å²) >= 11 is 0. The molecule has 1 aromatic rings. The van der Waals surface area contributed by atoms with Gasteiger partial charge in [-0.05, 0) is 12.1 Å². The Bertz CT molecular complexity index is 355. The summed E-state index contributed by atoms with van der Waals surface area (Å²) in [5.74, 6) is 0.798. The number of hydrogen-bond donors (Lipinski definition) is 3. The molecule has 1 aromatic carbocycles. The second-order valence-corrected chi connectivity index (χ2v) is 5.07. The van der Waals surface area contributed by atoms with Gasteiger partial charge in [0.1, 0.15) is 18.5 Å². The van der Waals surface area contributed by atoms with Crippen LogP contribution in [0.1, 0.15) is 0 Å². The van der Waals surface area contributed by atoms with Gasteiger partial charge >= 0.3 is 0 Å². The molecule has 2 rings (SSSR count). The Morgan fingerprint density at radius 1 is 1.25 bits per heavy atom. The van der Waals surface area contributed by atoms with Crippen molar-refractivity contribution in [3.63, 3.8) is 0 Å². The lowest BCUT2D eigenvalue weighted by molar-refractivity contribution is 0.105. The number of nitrogens with zero attached hydrogens (tertiary/aromatic N) is 1. The molecule has 112 valence electrons. The molecule has 1 atom stereocenters.